The molecule has 130 valence electrons. The van der Waals surface area contributed by atoms with Crippen molar-refractivity contribution < 1.29 is 19.1 Å². The van der Waals surface area contributed by atoms with Crippen LogP contribution in [0.1, 0.15) is 0 Å². The average molecular weight is 362 g/mol. The standard InChI is InChI=1S/C17H16ClN3O4/c1-25-14-5-3-2-4-13(14)21-15(22)10-19-16(23)17(24)20-12-8-6-11(18)7-9-12/h2-9H,10H2,1H3,(H,19,23)(H,20,24)(H,21,22). The Labute approximate surface area is 149 Å². The van der Waals surface area contributed by atoms with E-state index in [-0.39, 0.29) is 6.54 Å². The highest BCUT2D eigenvalue weighted by molar-refractivity contribution is 6.40. The van der Waals surface area contributed by atoms with Crippen LogP contribution in [0.3, 0.4) is 0 Å². The molecule has 0 fully saturated rings. The summed E-state index contributed by atoms with van der Waals surface area (Å²) in [5.41, 5.74) is 0.887. The van der Waals surface area contributed by atoms with E-state index < -0.39 is 17.7 Å². The molecular formula is C17H16ClN3O4. The number of anilines is 2. The highest BCUT2D eigenvalue weighted by Crippen LogP contribution is 2.22. The summed E-state index contributed by atoms with van der Waals surface area (Å²) in [6, 6.07) is 13.1. The van der Waals surface area contributed by atoms with Crippen LogP contribution in [0.4, 0.5) is 11.4 Å². The van der Waals surface area contributed by atoms with Gasteiger partial charge in [0.05, 0.1) is 19.3 Å². The van der Waals surface area contributed by atoms with Crippen LogP contribution in [0.5, 0.6) is 5.75 Å². The van der Waals surface area contributed by atoms with Gasteiger partial charge in [0.15, 0.2) is 0 Å². The Hall–Kier alpha value is -3.06. The van der Waals surface area contributed by atoms with Crippen molar-refractivity contribution >= 4 is 40.7 Å². The topological polar surface area (TPSA) is 96.5 Å². The van der Waals surface area contributed by atoms with E-state index in [1.54, 1.807) is 48.5 Å². The Morgan fingerprint density at radius 2 is 1.64 bits per heavy atom. The number of carbonyl (C=O) groups excluding carboxylic acids is 3. The molecule has 0 heterocycles. The highest BCUT2D eigenvalue weighted by Gasteiger charge is 2.15. The first-order valence-corrected chi connectivity index (χ1v) is 7.65. The number of benzene rings is 2. The van der Waals surface area contributed by atoms with Crippen LogP contribution >= 0.6 is 11.6 Å². The molecule has 0 saturated carbocycles. The van der Waals surface area contributed by atoms with E-state index >= 15 is 0 Å². The minimum atomic E-state index is -0.926. The van der Waals surface area contributed by atoms with Crippen molar-refractivity contribution in [3.63, 3.8) is 0 Å². The van der Waals surface area contributed by atoms with E-state index in [9.17, 15) is 14.4 Å². The maximum Gasteiger partial charge on any atom is 0.313 e. The van der Waals surface area contributed by atoms with Gasteiger partial charge in [-0.05, 0) is 36.4 Å². The number of rotatable bonds is 5. The molecule has 2 rings (SSSR count). The smallest absolute Gasteiger partial charge is 0.313 e. The van der Waals surface area contributed by atoms with Crippen molar-refractivity contribution in [3.8, 4) is 5.75 Å². The third-order valence-corrected chi connectivity index (χ3v) is 3.35. The normalized spacial score (nSPS) is 9.84. The fourth-order valence-corrected chi connectivity index (χ4v) is 2.03. The van der Waals surface area contributed by atoms with Crippen LogP contribution < -0.4 is 20.7 Å². The minimum Gasteiger partial charge on any atom is -0.495 e. The summed E-state index contributed by atoms with van der Waals surface area (Å²) in [7, 11) is 1.48. The van der Waals surface area contributed by atoms with Gasteiger partial charge in [-0.3, -0.25) is 14.4 Å². The summed E-state index contributed by atoms with van der Waals surface area (Å²) in [6.07, 6.45) is 0. The van der Waals surface area contributed by atoms with Crippen molar-refractivity contribution in [3.05, 3.63) is 53.6 Å². The summed E-state index contributed by atoms with van der Waals surface area (Å²) in [6.45, 7) is -0.356. The second kappa shape index (κ2) is 8.70. The average Bonchev–Trinajstić information content (AvgIpc) is 2.62. The van der Waals surface area contributed by atoms with Crippen LogP contribution in [0, 0.1) is 0 Å². The van der Waals surface area contributed by atoms with Crippen molar-refractivity contribution in [1.29, 1.82) is 0 Å². The first kappa shape index (κ1) is 18.3. The molecule has 0 spiro atoms. The summed E-state index contributed by atoms with van der Waals surface area (Å²) < 4.78 is 5.11. The predicted octanol–water partition coefficient (Wildman–Crippen LogP) is 2.04. The Bertz CT molecular complexity index is 778. The molecule has 0 aliphatic carbocycles. The third kappa shape index (κ3) is 5.50. The van der Waals surface area contributed by atoms with Crippen LogP contribution in [0.2, 0.25) is 5.02 Å². The molecule has 25 heavy (non-hydrogen) atoms. The molecule has 0 aliphatic rings. The molecule has 8 heteroatoms. The van der Waals surface area contributed by atoms with Crippen LogP contribution in [0.15, 0.2) is 48.5 Å². The predicted molar refractivity (Wildman–Crippen MR) is 94.7 cm³/mol. The fourth-order valence-electron chi connectivity index (χ4n) is 1.90. The van der Waals surface area contributed by atoms with Crippen molar-refractivity contribution in [2.24, 2.45) is 0 Å². The molecule has 2 aromatic carbocycles. The van der Waals surface area contributed by atoms with E-state index in [1.807, 2.05) is 0 Å². The van der Waals surface area contributed by atoms with Gasteiger partial charge in [-0.2, -0.15) is 0 Å². The number of hydrogen-bond acceptors (Lipinski definition) is 4. The van der Waals surface area contributed by atoms with Crippen molar-refractivity contribution in [1.82, 2.24) is 5.32 Å². The Morgan fingerprint density at radius 1 is 0.960 bits per heavy atom. The second-order valence-electron chi connectivity index (χ2n) is 4.89. The zero-order valence-corrected chi connectivity index (χ0v) is 14.1. The molecule has 2 aromatic rings. The Morgan fingerprint density at radius 3 is 2.32 bits per heavy atom. The molecule has 7 nitrogen and oxygen atoms in total. The lowest BCUT2D eigenvalue weighted by atomic mass is 10.3. The molecule has 3 amide bonds. The summed E-state index contributed by atoms with van der Waals surface area (Å²) in [4.78, 5) is 35.4. The number of halogens is 1. The van der Waals surface area contributed by atoms with Gasteiger partial charge in [-0.1, -0.05) is 23.7 Å². The number of amides is 3. The Balaban J connectivity index is 1.83. The lowest BCUT2D eigenvalue weighted by molar-refractivity contribution is -0.136. The lowest BCUT2D eigenvalue weighted by Crippen LogP contribution is -2.39. The molecule has 0 aliphatic heterocycles. The molecule has 3 N–H and O–H groups in total. The number of methoxy groups -OCH3 is 1. The number of carbonyl (C=O) groups is 3. The van der Waals surface area contributed by atoms with E-state index in [0.717, 1.165) is 0 Å². The van der Waals surface area contributed by atoms with Crippen LogP contribution in [0.25, 0.3) is 0 Å². The van der Waals surface area contributed by atoms with Crippen molar-refractivity contribution in [2.45, 2.75) is 0 Å². The first-order chi connectivity index (χ1) is 12.0. The molecule has 0 unspecified atom stereocenters. The van der Waals surface area contributed by atoms with E-state index in [4.69, 9.17) is 16.3 Å². The number of ether oxygens (including phenoxy) is 1. The van der Waals surface area contributed by atoms with Gasteiger partial charge < -0.3 is 20.7 Å². The molecule has 0 saturated heterocycles. The van der Waals surface area contributed by atoms with Gasteiger partial charge in [0, 0.05) is 10.7 Å². The zero-order valence-electron chi connectivity index (χ0n) is 13.3. The quantitative estimate of drug-likeness (QED) is 0.710. The fraction of sp³-hybridized carbons (Fsp3) is 0.118. The maximum absolute atomic E-state index is 11.9. The Kier molecular flexibility index (Phi) is 6.36. The molecular weight excluding hydrogens is 346 g/mol. The van der Waals surface area contributed by atoms with E-state index in [0.29, 0.717) is 22.1 Å². The summed E-state index contributed by atoms with van der Waals surface area (Å²) in [5, 5.41) is 7.74. The van der Waals surface area contributed by atoms with Crippen LogP contribution in [-0.4, -0.2) is 31.4 Å². The monoisotopic (exact) mass is 361 g/mol. The lowest BCUT2D eigenvalue weighted by Gasteiger charge is -2.10. The number of para-hydroxylation sites is 2. The van der Waals surface area contributed by atoms with Crippen LogP contribution in [-0.2, 0) is 14.4 Å². The molecule has 0 bridgehead atoms. The van der Waals surface area contributed by atoms with E-state index in [2.05, 4.69) is 16.0 Å². The molecule has 0 radical (unpaired) electrons. The summed E-state index contributed by atoms with van der Waals surface area (Å²) in [5.74, 6) is -1.81. The van der Waals surface area contributed by atoms with Crippen molar-refractivity contribution in [2.75, 3.05) is 24.3 Å². The number of nitrogens with one attached hydrogen (secondary N) is 3. The second-order valence-corrected chi connectivity index (χ2v) is 5.33. The first-order valence-electron chi connectivity index (χ1n) is 7.27. The number of hydrogen-bond donors (Lipinski definition) is 3. The van der Waals surface area contributed by atoms with Gasteiger partial charge in [-0.25, -0.2) is 0 Å². The van der Waals surface area contributed by atoms with Gasteiger partial charge in [0.1, 0.15) is 5.75 Å². The molecule has 0 aromatic heterocycles. The van der Waals surface area contributed by atoms with Gasteiger partial charge in [-0.15, -0.1) is 0 Å². The van der Waals surface area contributed by atoms with Gasteiger partial charge in [0.2, 0.25) is 5.91 Å². The van der Waals surface area contributed by atoms with Gasteiger partial charge in [0.25, 0.3) is 0 Å². The summed E-state index contributed by atoms with van der Waals surface area (Å²) >= 11 is 5.74. The minimum absolute atomic E-state index is 0.356. The maximum atomic E-state index is 11.9. The van der Waals surface area contributed by atoms with Gasteiger partial charge >= 0.3 is 11.8 Å². The largest absolute Gasteiger partial charge is 0.495 e. The van der Waals surface area contributed by atoms with E-state index in [1.165, 1.54) is 7.11 Å². The third-order valence-electron chi connectivity index (χ3n) is 3.10. The molecule has 0 atom stereocenters. The SMILES string of the molecule is COc1ccccc1NC(=O)CNC(=O)C(=O)Nc1ccc(Cl)cc1. The highest BCUT2D eigenvalue weighted by atomic mass is 35.5. The zero-order chi connectivity index (χ0) is 18.2.